The molecule has 1 N–H and O–H groups in total. The van der Waals surface area contributed by atoms with E-state index in [1.54, 1.807) is 0 Å². The van der Waals surface area contributed by atoms with Gasteiger partial charge < -0.3 is 14.6 Å². The van der Waals surface area contributed by atoms with Crippen molar-refractivity contribution in [1.29, 1.82) is 0 Å². The van der Waals surface area contributed by atoms with Gasteiger partial charge in [-0.1, -0.05) is 42.4 Å². The third-order valence-corrected chi connectivity index (χ3v) is 4.44. The van der Waals surface area contributed by atoms with Gasteiger partial charge in [0.25, 0.3) is 0 Å². The van der Waals surface area contributed by atoms with E-state index in [0.717, 1.165) is 6.42 Å². The topological polar surface area (TPSA) is 30.5 Å². The van der Waals surface area contributed by atoms with Crippen LogP contribution in [-0.4, -0.2) is 31.4 Å². The minimum Gasteiger partial charge on any atom is -0.400 e. The summed E-state index contributed by atoms with van der Waals surface area (Å²) in [4.78, 5) is 0. The number of nitrogens with one attached hydrogen (secondary N) is 1. The molecule has 0 radical (unpaired) electrons. The SMILES string of the molecule is CNC(C=CB1OC(C)(C)C(C)(C)O1)Cc1ccccc1. The van der Waals surface area contributed by atoms with Gasteiger partial charge in [-0.15, -0.1) is 0 Å². The van der Waals surface area contributed by atoms with Crippen LogP contribution in [0.4, 0.5) is 0 Å². The Morgan fingerprint density at radius 2 is 1.67 bits per heavy atom. The van der Waals surface area contributed by atoms with Gasteiger partial charge in [0.2, 0.25) is 0 Å². The molecule has 1 unspecified atom stereocenters. The van der Waals surface area contributed by atoms with Gasteiger partial charge in [0, 0.05) is 6.04 Å². The average Bonchev–Trinajstić information content (AvgIpc) is 2.64. The number of hydrogen-bond donors (Lipinski definition) is 1. The summed E-state index contributed by atoms with van der Waals surface area (Å²) in [6.45, 7) is 8.28. The molecule has 1 aliphatic heterocycles. The van der Waals surface area contributed by atoms with Crippen LogP contribution in [0, 0.1) is 0 Å². The van der Waals surface area contributed by atoms with Gasteiger partial charge in [-0.2, -0.15) is 0 Å². The smallest absolute Gasteiger partial charge is 0.400 e. The van der Waals surface area contributed by atoms with Gasteiger partial charge in [-0.05, 0) is 46.7 Å². The van der Waals surface area contributed by atoms with E-state index < -0.39 is 0 Å². The Morgan fingerprint density at radius 1 is 1.10 bits per heavy atom. The Hall–Kier alpha value is -1.10. The first kappa shape index (κ1) is 16.3. The van der Waals surface area contributed by atoms with Crippen molar-refractivity contribution in [2.24, 2.45) is 0 Å². The normalized spacial score (nSPS) is 21.9. The summed E-state index contributed by atoms with van der Waals surface area (Å²) in [5.74, 6) is 2.01. The predicted octanol–water partition coefficient (Wildman–Crippen LogP) is 3.00. The first-order valence-corrected chi connectivity index (χ1v) is 7.59. The minimum atomic E-state index is -0.281. The van der Waals surface area contributed by atoms with Gasteiger partial charge >= 0.3 is 7.12 Å². The molecule has 2 rings (SSSR count). The number of benzene rings is 1. The summed E-state index contributed by atoms with van der Waals surface area (Å²) in [7, 11) is 1.70. The largest absolute Gasteiger partial charge is 0.486 e. The maximum Gasteiger partial charge on any atom is 0.486 e. The molecule has 0 spiro atoms. The second-order valence-corrected chi connectivity index (χ2v) is 6.59. The zero-order valence-electron chi connectivity index (χ0n) is 13.7. The van der Waals surface area contributed by atoms with E-state index in [4.69, 9.17) is 9.31 Å². The van der Waals surface area contributed by atoms with Gasteiger partial charge in [-0.25, -0.2) is 0 Å². The molecule has 0 aliphatic carbocycles. The Balaban J connectivity index is 1.96. The van der Waals surface area contributed by atoms with Crippen molar-refractivity contribution in [2.75, 3.05) is 7.05 Å². The van der Waals surface area contributed by atoms with Crippen molar-refractivity contribution in [2.45, 2.75) is 51.4 Å². The summed E-state index contributed by atoms with van der Waals surface area (Å²) < 4.78 is 11.9. The van der Waals surface area contributed by atoms with Crippen molar-refractivity contribution in [3.05, 3.63) is 47.9 Å². The Morgan fingerprint density at radius 3 is 2.19 bits per heavy atom. The number of rotatable bonds is 5. The van der Waals surface area contributed by atoms with Crippen molar-refractivity contribution >= 4 is 7.12 Å². The Bertz CT molecular complexity index is 469. The molecule has 1 aromatic rings. The van der Waals surface area contributed by atoms with Crippen LogP contribution in [0.15, 0.2) is 42.4 Å². The number of likely N-dealkylation sites (N-methyl/N-ethyl adjacent to an activating group) is 1. The first-order chi connectivity index (χ1) is 9.84. The molecule has 1 aliphatic rings. The highest BCUT2D eigenvalue weighted by Crippen LogP contribution is 2.36. The summed E-state index contributed by atoms with van der Waals surface area (Å²) in [5, 5.41) is 3.32. The molecule has 1 saturated heterocycles. The third kappa shape index (κ3) is 3.97. The lowest BCUT2D eigenvalue weighted by Crippen LogP contribution is -2.41. The monoisotopic (exact) mass is 287 g/mol. The predicted molar refractivity (Wildman–Crippen MR) is 88.2 cm³/mol. The molecule has 3 nitrogen and oxygen atoms in total. The van der Waals surface area contributed by atoms with E-state index in [-0.39, 0.29) is 24.4 Å². The highest BCUT2D eigenvalue weighted by Gasteiger charge is 2.50. The van der Waals surface area contributed by atoms with Crippen molar-refractivity contribution in [3.8, 4) is 0 Å². The zero-order valence-corrected chi connectivity index (χ0v) is 13.7. The molecular weight excluding hydrogens is 261 g/mol. The van der Waals surface area contributed by atoms with Crippen LogP contribution >= 0.6 is 0 Å². The molecular formula is C17H26BNO2. The highest BCUT2D eigenvalue weighted by molar-refractivity contribution is 6.51. The molecule has 1 heterocycles. The number of hydrogen-bond acceptors (Lipinski definition) is 3. The molecule has 4 heteroatoms. The van der Waals surface area contributed by atoms with Gasteiger partial charge in [0.1, 0.15) is 0 Å². The molecule has 1 aromatic carbocycles. The summed E-state index contributed by atoms with van der Waals surface area (Å²) in [6.07, 6.45) is 3.09. The average molecular weight is 287 g/mol. The molecule has 0 bridgehead atoms. The van der Waals surface area contributed by atoms with E-state index >= 15 is 0 Å². The molecule has 21 heavy (non-hydrogen) atoms. The van der Waals surface area contributed by atoms with Crippen LogP contribution in [0.3, 0.4) is 0 Å². The molecule has 0 aromatic heterocycles. The second-order valence-electron chi connectivity index (χ2n) is 6.59. The molecule has 1 fully saturated rings. The van der Waals surface area contributed by atoms with Gasteiger partial charge in [-0.3, -0.25) is 0 Å². The fourth-order valence-corrected chi connectivity index (χ4v) is 2.33. The van der Waals surface area contributed by atoms with Crippen LogP contribution in [0.1, 0.15) is 33.3 Å². The third-order valence-electron chi connectivity index (χ3n) is 4.44. The van der Waals surface area contributed by atoms with Crippen molar-refractivity contribution in [3.63, 3.8) is 0 Å². The summed E-state index contributed by atoms with van der Waals surface area (Å²) >= 11 is 0. The van der Waals surface area contributed by atoms with Crippen LogP contribution in [-0.2, 0) is 15.7 Å². The van der Waals surface area contributed by atoms with Crippen LogP contribution < -0.4 is 5.32 Å². The lowest BCUT2D eigenvalue weighted by molar-refractivity contribution is 0.00578. The van der Waals surface area contributed by atoms with Gasteiger partial charge in [0.15, 0.2) is 0 Å². The van der Waals surface area contributed by atoms with Crippen molar-refractivity contribution in [1.82, 2.24) is 5.32 Å². The quantitative estimate of drug-likeness (QED) is 0.844. The summed E-state index contributed by atoms with van der Waals surface area (Å²) in [5.41, 5.74) is 0.753. The Labute approximate surface area is 128 Å². The van der Waals surface area contributed by atoms with E-state index in [9.17, 15) is 0 Å². The van der Waals surface area contributed by atoms with Crippen LogP contribution in [0.5, 0.6) is 0 Å². The standard InChI is InChI=1S/C17H26BNO2/c1-16(2)17(3,4)21-18(20-16)12-11-15(19-5)13-14-9-7-6-8-10-14/h6-12,15,19H,13H2,1-5H3. The minimum absolute atomic E-state index is 0.270. The van der Waals surface area contributed by atoms with Crippen molar-refractivity contribution < 1.29 is 9.31 Å². The van der Waals surface area contributed by atoms with E-state index in [1.165, 1.54) is 5.56 Å². The molecule has 114 valence electrons. The fraction of sp³-hybridized carbons (Fsp3) is 0.529. The first-order valence-electron chi connectivity index (χ1n) is 7.59. The van der Waals surface area contributed by atoms with E-state index in [0.29, 0.717) is 0 Å². The summed E-state index contributed by atoms with van der Waals surface area (Å²) in [6, 6.07) is 10.7. The van der Waals surface area contributed by atoms with Crippen LogP contribution in [0.2, 0.25) is 0 Å². The highest BCUT2D eigenvalue weighted by atomic mass is 16.7. The maximum atomic E-state index is 5.97. The van der Waals surface area contributed by atoms with E-state index in [2.05, 4.69) is 63.4 Å². The second kappa shape index (κ2) is 6.35. The fourth-order valence-electron chi connectivity index (χ4n) is 2.33. The molecule has 0 saturated carbocycles. The van der Waals surface area contributed by atoms with Crippen LogP contribution in [0.25, 0.3) is 0 Å². The molecule has 1 atom stereocenters. The zero-order chi connectivity index (χ0) is 15.5. The van der Waals surface area contributed by atoms with E-state index in [1.807, 2.05) is 19.1 Å². The Kier molecular flexibility index (Phi) is 4.92. The van der Waals surface area contributed by atoms with Gasteiger partial charge in [0.05, 0.1) is 11.2 Å². The lowest BCUT2D eigenvalue weighted by Gasteiger charge is -2.32. The maximum absolute atomic E-state index is 5.97. The molecule has 0 amide bonds. The lowest BCUT2D eigenvalue weighted by atomic mass is 9.88.